The van der Waals surface area contributed by atoms with Gasteiger partial charge in [0.2, 0.25) is 5.78 Å². The maximum Gasteiger partial charge on any atom is 0.292 e. The lowest BCUT2D eigenvalue weighted by Gasteiger charge is -2.29. The number of aliphatic hydroxyl groups excluding tert-OH is 1. The van der Waals surface area contributed by atoms with Crippen molar-refractivity contribution in [3.05, 3.63) is 77.5 Å². The molecule has 2 aliphatic rings. The van der Waals surface area contributed by atoms with E-state index in [0.717, 1.165) is 38.2 Å². The van der Waals surface area contributed by atoms with Crippen molar-refractivity contribution in [1.82, 2.24) is 15.2 Å². The summed E-state index contributed by atoms with van der Waals surface area (Å²) < 4.78 is 38.6. The van der Waals surface area contributed by atoms with Crippen LogP contribution in [0.5, 0.6) is 11.5 Å². The first-order valence-electron chi connectivity index (χ1n) is 12.5. The summed E-state index contributed by atoms with van der Waals surface area (Å²) in [7, 11) is 0. The van der Waals surface area contributed by atoms with Gasteiger partial charge in [0, 0.05) is 17.7 Å². The van der Waals surface area contributed by atoms with Gasteiger partial charge in [-0.25, -0.2) is 8.78 Å². The Morgan fingerprint density at radius 2 is 1.76 bits per heavy atom. The highest BCUT2D eigenvalue weighted by atomic mass is 19.1. The fourth-order valence-electron chi connectivity index (χ4n) is 4.71. The first-order valence-corrected chi connectivity index (χ1v) is 12.5. The molecule has 10 heteroatoms. The minimum absolute atomic E-state index is 0.0122. The van der Waals surface area contributed by atoms with Crippen LogP contribution in [-0.4, -0.2) is 65.6 Å². The zero-order valence-corrected chi connectivity index (χ0v) is 20.5. The SMILES string of the molecule is O=C(N[C@H](CN1CCCC1)[C@H](O)c1cc(F)c2c(c1)OCCO2)C(=O)c1ccc(-c2ccc(F)cn2)cc1. The number of benzene rings is 2. The second-order valence-corrected chi connectivity index (χ2v) is 9.33. The monoisotopic (exact) mass is 523 g/mol. The van der Waals surface area contributed by atoms with E-state index in [1.54, 1.807) is 12.1 Å². The molecule has 2 N–H and O–H groups in total. The normalized spacial score (nSPS) is 16.6. The number of rotatable bonds is 8. The van der Waals surface area contributed by atoms with Crippen molar-refractivity contribution in [3.63, 3.8) is 0 Å². The number of ether oxygens (including phenoxy) is 2. The highest BCUT2D eigenvalue weighted by Gasteiger charge is 2.31. The van der Waals surface area contributed by atoms with E-state index in [2.05, 4.69) is 15.2 Å². The largest absolute Gasteiger partial charge is 0.486 e. The molecule has 3 aromatic rings. The molecule has 0 unspecified atom stereocenters. The number of likely N-dealkylation sites (tertiary alicyclic amines) is 1. The number of amides is 1. The average molecular weight is 524 g/mol. The molecule has 0 radical (unpaired) electrons. The second-order valence-electron chi connectivity index (χ2n) is 9.33. The number of Topliss-reactive ketones (excluding diaryl/α,β-unsaturated/α-hetero) is 1. The summed E-state index contributed by atoms with van der Waals surface area (Å²) >= 11 is 0. The van der Waals surface area contributed by atoms with Crippen molar-refractivity contribution in [2.75, 3.05) is 32.8 Å². The molecular formula is C28H27F2N3O5. The van der Waals surface area contributed by atoms with Crippen molar-refractivity contribution in [2.45, 2.75) is 25.0 Å². The summed E-state index contributed by atoms with van der Waals surface area (Å²) in [6.07, 6.45) is 1.78. The number of pyridine rings is 1. The molecule has 0 saturated carbocycles. The van der Waals surface area contributed by atoms with E-state index in [1.807, 2.05) is 0 Å². The number of hydrogen-bond acceptors (Lipinski definition) is 7. The average Bonchev–Trinajstić information content (AvgIpc) is 3.45. The molecule has 1 fully saturated rings. The first-order chi connectivity index (χ1) is 18.4. The van der Waals surface area contributed by atoms with Gasteiger partial charge >= 0.3 is 0 Å². The van der Waals surface area contributed by atoms with Crippen LogP contribution in [0.3, 0.4) is 0 Å². The van der Waals surface area contributed by atoms with Gasteiger partial charge in [0.15, 0.2) is 17.3 Å². The Kier molecular flexibility index (Phi) is 7.62. The Morgan fingerprint density at radius 1 is 1.03 bits per heavy atom. The number of carbonyl (C=O) groups is 2. The summed E-state index contributed by atoms with van der Waals surface area (Å²) in [5, 5.41) is 13.9. The number of ketones is 1. The number of hydrogen-bond donors (Lipinski definition) is 2. The predicted molar refractivity (Wildman–Crippen MR) is 134 cm³/mol. The third-order valence-corrected chi connectivity index (χ3v) is 6.69. The zero-order chi connectivity index (χ0) is 26.6. The molecule has 1 aromatic heterocycles. The number of aromatic nitrogens is 1. The maximum atomic E-state index is 14.7. The van der Waals surface area contributed by atoms with Gasteiger partial charge < -0.3 is 24.8 Å². The Hall–Kier alpha value is -3.89. The number of nitrogens with zero attached hydrogens (tertiary/aromatic N) is 2. The molecule has 8 nitrogen and oxygen atoms in total. The van der Waals surface area contributed by atoms with Gasteiger partial charge in [-0.15, -0.1) is 0 Å². The van der Waals surface area contributed by atoms with E-state index in [1.165, 1.54) is 30.3 Å². The fraction of sp³-hybridized carbons (Fsp3) is 0.321. The van der Waals surface area contributed by atoms with Crippen molar-refractivity contribution >= 4 is 11.7 Å². The maximum absolute atomic E-state index is 14.7. The second kappa shape index (κ2) is 11.2. The highest BCUT2D eigenvalue weighted by Crippen LogP contribution is 2.36. The lowest BCUT2D eigenvalue weighted by atomic mass is 9.99. The number of aliphatic hydroxyl groups is 1. The number of carbonyl (C=O) groups excluding carboxylic acids is 2. The van der Waals surface area contributed by atoms with E-state index in [-0.39, 0.29) is 42.4 Å². The van der Waals surface area contributed by atoms with Gasteiger partial charge in [-0.2, -0.15) is 0 Å². The van der Waals surface area contributed by atoms with E-state index in [0.29, 0.717) is 11.3 Å². The highest BCUT2D eigenvalue weighted by molar-refractivity contribution is 6.42. The summed E-state index contributed by atoms with van der Waals surface area (Å²) in [6, 6.07) is 10.8. The Morgan fingerprint density at radius 3 is 2.47 bits per heavy atom. The Bertz CT molecular complexity index is 1310. The minimum Gasteiger partial charge on any atom is -0.486 e. The van der Waals surface area contributed by atoms with Gasteiger partial charge in [-0.1, -0.05) is 24.3 Å². The summed E-state index contributed by atoms with van der Waals surface area (Å²) in [4.78, 5) is 32.0. The first kappa shape index (κ1) is 25.7. The molecule has 2 aromatic carbocycles. The molecule has 0 bridgehead atoms. The predicted octanol–water partition coefficient (Wildman–Crippen LogP) is 3.29. The topological polar surface area (TPSA) is 101 Å². The zero-order valence-electron chi connectivity index (χ0n) is 20.5. The van der Waals surface area contributed by atoms with E-state index >= 15 is 0 Å². The molecule has 38 heavy (non-hydrogen) atoms. The van der Waals surface area contributed by atoms with Gasteiger partial charge in [-0.3, -0.25) is 14.6 Å². The molecule has 198 valence electrons. The van der Waals surface area contributed by atoms with Gasteiger partial charge in [0.25, 0.3) is 5.91 Å². The molecule has 2 atom stereocenters. The standard InChI is InChI=1S/C28H27F2N3O5/c29-20-7-8-22(31-15-20)17-3-5-18(6-4-17)26(35)28(36)32-23(16-33-9-1-2-10-33)25(34)19-13-21(30)27-24(14-19)37-11-12-38-27/h3-8,13-15,23,25,34H,1-2,9-12,16H2,(H,32,36)/t23-,25-/m1/s1. The molecule has 1 amide bonds. The van der Waals surface area contributed by atoms with Crippen molar-refractivity contribution in [2.24, 2.45) is 0 Å². The summed E-state index contributed by atoms with van der Waals surface area (Å²) in [5.74, 6) is -2.63. The molecule has 1 saturated heterocycles. The van der Waals surface area contributed by atoms with Crippen LogP contribution in [0.1, 0.15) is 34.9 Å². The molecule has 2 aliphatic heterocycles. The van der Waals surface area contributed by atoms with Gasteiger partial charge in [0.1, 0.15) is 25.1 Å². The van der Waals surface area contributed by atoms with E-state index in [9.17, 15) is 23.5 Å². The van der Waals surface area contributed by atoms with Crippen LogP contribution in [0.15, 0.2) is 54.7 Å². The van der Waals surface area contributed by atoms with E-state index in [4.69, 9.17) is 9.47 Å². The number of fused-ring (bicyclic) bond motifs is 1. The third kappa shape index (κ3) is 5.66. The van der Waals surface area contributed by atoms with Gasteiger partial charge in [-0.05, 0) is 55.8 Å². The van der Waals surface area contributed by atoms with Crippen LogP contribution in [0.2, 0.25) is 0 Å². The Labute approximate surface area is 218 Å². The molecule has 3 heterocycles. The van der Waals surface area contributed by atoms with Gasteiger partial charge in [0.05, 0.1) is 17.9 Å². The molecule has 5 rings (SSSR count). The smallest absolute Gasteiger partial charge is 0.292 e. The summed E-state index contributed by atoms with van der Waals surface area (Å²) in [6.45, 7) is 2.35. The van der Waals surface area contributed by atoms with Crippen LogP contribution in [-0.2, 0) is 4.79 Å². The van der Waals surface area contributed by atoms with Crippen LogP contribution in [0.25, 0.3) is 11.3 Å². The van der Waals surface area contributed by atoms with Crippen molar-refractivity contribution < 1.29 is 33.0 Å². The van der Waals surface area contributed by atoms with Crippen LogP contribution in [0.4, 0.5) is 8.78 Å². The van der Waals surface area contributed by atoms with E-state index < -0.39 is 35.5 Å². The number of nitrogens with one attached hydrogen (secondary N) is 1. The quantitative estimate of drug-likeness (QED) is 0.345. The lowest BCUT2D eigenvalue weighted by molar-refractivity contribution is -0.118. The van der Waals surface area contributed by atoms with Crippen LogP contribution < -0.4 is 14.8 Å². The molecular weight excluding hydrogens is 496 g/mol. The molecule has 0 spiro atoms. The van der Waals surface area contributed by atoms with Crippen LogP contribution >= 0.6 is 0 Å². The fourth-order valence-corrected chi connectivity index (χ4v) is 4.71. The molecule has 0 aliphatic carbocycles. The Balaban J connectivity index is 1.33. The van der Waals surface area contributed by atoms with Crippen molar-refractivity contribution in [3.8, 4) is 22.8 Å². The third-order valence-electron chi connectivity index (χ3n) is 6.69. The lowest BCUT2D eigenvalue weighted by Crippen LogP contribution is -2.48. The van der Waals surface area contributed by atoms with Crippen molar-refractivity contribution in [1.29, 1.82) is 0 Å². The minimum atomic E-state index is -1.30. The summed E-state index contributed by atoms with van der Waals surface area (Å²) in [5.41, 5.74) is 1.54. The van der Waals surface area contributed by atoms with Crippen LogP contribution in [0, 0.1) is 11.6 Å². The number of halogens is 2.